The van der Waals surface area contributed by atoms with Gasteiger partial charge in [-0.05, 0) is 84.6 Å². The van der Waals surface area contributed by atoms with Gasteiger partial charge in [0.2, 0.25) is 0 Å². The fourth-order valence-corrected chi connectivity index (χ4v) is 7.50. The van der Waals surface area contributed by atoms with Crippen molar-refractivity contribution in [3.8, 4) is 0 Å². The van der Waals surface area contributed by atoms with Gasteiger partial charge in [0.05, 0.1) is 6.61 Å². The largest absolute Gasteiger partial charge is 0.460 e. The zero-order chi connectivity index (χ0) is 22.6. The first-order chi connectivity index (χ1) is 15.3. The van der Waals surface area contributed by atoms with Crippen LogP contribution in [0.2, 0.25) is 0 Å². The minimum Gasteiger partial charge on any atom is -0.460 e. The molecule has 0 aliphatic heterocycles. The van der Waals surface area contributed by atoms with Crippen molar-refractivity contribution >= 4 is 28.8 Å². The van der Waals surface area contributed by atoms with Crippen LogP contribution < -0.4 is 0 Å². The first-order valence-electron chi connectivity index (χ1n) is 11.0. The average Bonchev–Trinajstić information content (AvgIpc) is 2.75. The van der Waals surface area contributed by atoms with Gasteiger partial charge >= 0.3 is 11.2 Å². The second-order valence-corrected chi connectivity index (χ2v) is 10.9. The number of rotatable bonds is 7. The van der Waals surface area contributed by atoms with Crippen LogP contribution in [0.3, 0.4) is 0 Å². The summed E-state index contributed by atoms with van der Waals surface area (Å²) < 4.78 is 36.7. The number of halogens is 2. The Morgan fingerprint density at radius 3 is 2.53 bits per heavy atom. The van der Waals surface area contributed by atoms with E-state index in [0.717, 1.165) is 38.5 Å². The number of alkyl halides is 2. The molecule has 2 atom stereocenters. The summed E-state index contributed by atoms with van der Waals surface area (Å²) in [5.41, 5.74) is 2.28. The van der Waals surface area contributed by atoms with Gasteiger partial charge in [-0.15, -0.1) is 4.33 Å². The lowest BCUT2D eigenvalue weighted by Gasteiger charge is -2.62. The van der Waals surface area contributed by atoms with Gasteiger partial charge in [0.25, 0.3) is 0 Å². The van der Waals surface area contributed by atoms with Crippen LogP contribution in [-0.4, -0.2) is 23.1 Å². The van der Waals surface area contributed by atoms with E-state index in [0.29, 0.717) is 11.8 Å². The van der Waals surface area contributed by atoms with E-state index in [2.05, 4.69) is 52.7 Å². The molecular formula is C24H26F2O5S. The molecule has 0 amide bonds. The van der Waals surface area contributed by atoms with Crippen molar-refractivity contribution in [3.63, 3.8) is 0 Å². The summed E-state index contributed by atoms with van der Waals surface area (Å²) in [7, 11) is 0. The normalized spacial score (nSPS) is 31.2. The maximum Gasteiger partial charge on any atom is 0.415 e. The molecule has 0 aromatic heterocycles. The average molecular weight is 465 g/mol. The van der Waals surface area contributed by atoms with Crippen molar-refractivity contribution < 1.29 is 32.9 Å². The fourth-order valence-electron chi connectivity index (χ4n) is 7.26. The third-order valence-corrected chi connectivity index (χ3v) is 8.31. The van der Waals surface area contributed by atoms with Gasteiger partial charge in [0.1, 0.15) is 12.0 Å². The van der Waals surface area contributed by atoms with E-state index in [4.69, 9.17) is 9.99 Å². The number of hydrogen-bond donors (Lipinski definition) is 1. The van der Waals surface area contributed by atoms with E-state index in [9.17, 15) is 13.6 Å². The molecule has 2 aromatic rings. The molecule has 1 N–H and O–H groups in total. The summed E-state index contributed by atoms with van der Waals surface area (Å²) in [6.07, 6.45) is 5.99. The Labute approximate surface area is 189 Å². The molecule has 32 heavy (non-hydrogen) atoms. The standard InChI is InChI=1S/C24H26F2O5S/c1-15-4-2-6-19-18(15)5-3-7-20(19)23-11-16-8-17(12-23)10-22(9-16,13-23)14-29-21(27)24(25,26)32-31-30-28/h2-7,16-17,28H,8-14H2,1H3. The molecule has 8 heteroatoms. The highest BCUT2D eigenvalue weighted by Crippen LogP contribution is 2.66. The molecule has 4 fully saturated rings. The molecule has 0 heterocycles. The SMILES string of the molecule is Cc1cccc2c(C34CC5CC(CC(COC(=O)C(F)(F)SOOO)(C5)C3)C4)cccc12. The van der Waals surface area contributed by atoms with Crippen molar-refractivity contribution in [3.05, 3.63) is 47.5 Å². The van der Waals surface area contributed by atoms with Gasteiger partial charge in [-0.1, -0.05) is 41.4 Å². The first-order valence-corrected chi connectivity index (χ1v) is 11.7. The van der Waals surface area contributed by atoms with E-state index in [1.165, 1.54) is 21.9 Å². The van der Waals surface area contributed by atoms with Crippen LogP contribution in [0.25, 0.3) is 10.8 Å². The van der Waals surface area contributed by atoms with Gasteiger partial charge in [-0.3, -0.25) is 0 Å². The molecular weight excluding hydrogens is 438 g/mol. The van der Waals surface area contributed by atoms with E-state index < -0.39 is 23.3 Å². The Kier molecular flexibility index (Phi) is 5.47. The van der Waals surface area contributed by atoms with E-state index in [1.807, 2.05) is 0 Å². The second-order valence-electron chi connectivity index (χ2n) is 10.0. The van der Waals surface area contributed by atoms with Crippen molar-refractivity contribution in [2.75, 3.05) is 6.61 Å². The zero-order valence-corrected chi connectivity index (χ0v) is 18.6. The molecule has 4 aliphatic carbocycles. The number of hydrogen-bond acceptors (Lipinski definition) is 6. The third-order valence-electron chi connectivity index (χ3n) is 7.81. The number of fused-ring (bicyclic) bond motifs is 1. The number of esters is 1. The van der Waals surface area contributed by atoms with Gasteiger partial charge in [-0.2, -0.15) is 8.78 Å². The number of carbonyl (C=O) groups excluding carboxylic acids is 1. The van der Waals surface area contributed by atoms with Crippen molar-refractivity contribution in [1.29, 1.82) is 0 Å². The smallest absolute Gasteiger partial charge is 0.415 e. The second kappa shape index (κ2) is 7.94. The van der Waals surface area contributed by atoms with Gasteiger partial charge < -0.3 is 4.74 Å². The quantitative estimate of drug-likeness (QED) is 0.228. The van der Waals surface area contributed by atoms with Crippen molar-refractivity contribution in [2.24, 2.45) is 17.3 Å². The minimum absolute atomic E-state index is 0.0189. The molecule has 2 aromatic carbocycles. The summed E-state index contributed by atoms with van der Waals surface area (Å²) in [5, 5.41) is 9.84. The number of ether oxygens (including phenoxy) is 1. The molecule has 0 spiro atoms. The lowest BCUT2D eigenvalue weighted by Crippen LogP contribution is -2.56. The molecule has 2 unspecified atom stereocenters. The van der Waals surface area contributed by atoms with Crippen LogP contribution in [0.15, 0.2) is 36.4 Å². The molecule has 0 radical (unpaired) electrons. The number of aryl methyl sites for hydroxylation is 1. The summed E-state index contributed by atoms with van der Waals surface area (Å²) in [5.74, 6) is -0.655. The number of benzene rings is 2. The predicted octanol–water partition coefficient (Wildman–Crippen LogP) is 6.19. The number of carbonyl (C=O) groups is 1. The highest BCUT2D eigenvalue weighted by Gasteiger charge is 2.59. The minimum atomic E-state index is -3.96. The highest BCUT2D eigenvalue weighted by molar-refractivity contribution is 7.96. The van der Waals surface area contributed by atoms with Gasteiger partial charge in [0.15, 0.2) is 0 Å². The lowest BCUT2D eigenvalue weighted by molar-refractivity contribution is -0.433. The van der Waals surface area contributed by atoms with E-state index in [-0.39, 0.29) is 17.4 Å². The Bertz CT molecular complexity index is 1030. The summed E-state index contributed by atoms with van der Waals surface area (Å²) >= 11 is -0.577. The summed E-state index contributed by atoms with van der Waals surface area (Å²) in [4.78, 5) is 12.0. The van der Waals surface area contributed by atoms with E-state index >= 15 is 0 Å². The predicted molar refractivity (Wildman–Crippen MR) is 116 cm³/mol. The molecule has 4 aliphatic rings. The van der Waals surface area contributed by atoms with Crippen LogP contribution in [0, 0.1) is 24.2 Å². The molecule has 4 saturated carbocycles. The fraction of sp³-hybridized carbons (Fsp3) is 0.542. The van der Waals surface area contributed by atoms with Crippen LogP contribution in [0.4, 0.5) is 8.78 Å². The lowest BCUT2D eigenvalue weighted by atomic mass is 9.43. The molecule has 6 rings (SSSR count). The van der Waals surface area contributed by atoms with Gasteiger partial charge in [0, 0.05) is 5.41 Å². The molecule has 0 saturated heterocycles. The van der Waals surface area contributed by atoms with Crippen molar-refractivity contribution in [1.82, 2.24) is 0 Å². The van der Waals surface area contributed by atoms with Crippen LogP contribution in [0.5, 0.6) is 0 Å². The molecule has 172 valence electrons. The molecule has 5 nitrogen and oxygen atoms in total. The first kappa shape index (κ1) is 22.1. The van der Waals surface area contributed by atoms with Crippen LogP contribution in [0.1, 0.15) is 49.7 Å². The Morgan fingerprint density at radius 1 is 1.12 bits per heavy atom. The Balaban J connectivity index is 1.43. The van der Waals surface area contributed by atoms with Crippen LogP contribution >= 0.6 is 12.0 Å². The maximum absolute atomic E-state index is 13.9. The summed E-state index contributed by atoms with van der Waals surface area (Å²) in [6, 6.07) is 12.9. The monoisotopic (exact) mass is 464 g/mol. The van der Waals surface area contributed by atoms with Crippen LogP contribution in [-0.2, 0) is 24.3 Å². The highest BCUT2D eigenvalue weighted by atomic mass is 32.2. The third kappa shape index (κ3) is 3.71. The maximum atomic E-state index is 13.9. The van der Waals surface area contributed by atoms with Crippen molar-refractivity contribution in [2.45, 2.75) is 56.1 Å². The zero-order valence-electron chi connectivity index (χ0n) is 17.8. The van der Waals surface area contributed by atoms with E-state index in [1.54, 1.807) is 0 Å². The summed E-state index contributed by atoms with van der Waals surface area (Å²) in [6.45, 7) is 2.09. The Hall–Kier alpha value is -1.74. The topological polar surface area (TPSA) is 65.0 Å². The molecule has 4 bridgehead atoms. The van der Waals surface area contributed by atoms with Gasteiger partial charge in [-0.25, -0.2) is 10.1 Å². The Morgan fingerprint density at radius 2 is 1.81 bits per heavy atom.